The van der Waals surface area contributed by atoms with Gasteiger partial charge in [-0.2, -0.15) is 0 Å². The van der Waals surface area contributed by atoms with Gasteiger partial charge in [-0.15, -0.1) is 11.8 Å². The number of hydrogen-bond donors (Lipinski definition) is 0. The largest absolute Gasteiger partial charge is 0.298 e. The average molecular weight is 260 g/mol. The highest BCUT2D eigenvalue weighted by atomic mass is 32.2. The second-order valence-electron chi connectivity index (χ2n) is 6.41. The molecule has 1 aromatic rings. The molecule has 0 N–H and O–H groups in total. The minimum absolute atomic E-state index is 0.0931. The summed E-state index contributed by atoms with van der Waals surface area (Å²) in [6.45, 7) is 6.75. The standard InChI is InChI=1S/C16H20OS/c1-15(2)12-9-10-16(15,3)14(17)13(12)18-11-7-5-4-6-8-11/h4-8,12-13H,9-10H2,1-3H3/t12-,13-,16+/m0/s1. The summed E-state index contributed by atoms with van der Waals surface area (Å²) in [5.74, 6) is 1.03. The molecule has 2 aliphatic carbocycles. The summed E-state index contributed by atoms with van der Waals surface area (Å²) in [4.78, 5) is 13.9. The first-order valence-electron chi connectivity index (χ1n) is 6.73. The van der Waals surface area contributed by atoms with Crippen molar-refractivity contribution < 1.29 is 4.79 Å². The van der Waals surface area contributed by atoms with Crippen molar-refractivity contribution in [3.05, 3.63) is 30.3 Å². The normalized spacial score (nSPS) is 37.2. The van der Waals surface area contributed by atoms with Gasteiger partial charge in [0, 0.05) is 10.3 Å². The molecule has 0 aliphatic heterocycles. The molecule has 0 aromatic heterocycles. The summed E-state index contributed by atoms with van der Waals surface area (Å²) in [5.41, 5.74) is 0.0701. The van der Waals surface area contributed by atoms with E-state index in [1.165, 1.54) is 11.3 Å². The van der Waals surface area contributed by atoms with Gasteiger partial charge in [-0.05, 0) is 36.3 Å². The topological polar surface area (TPSA) is 17.1 Å². The van der Waals surface area contributed by atoms with Crippen LogP contribution in [-0.2, 0) is 4.79 Å². The minimum Gasteiger partial charge on any atom is -0.298 e. The fourth-order valence-corrected chi connectivity index (χ4v) is 5.40. The number of ketones is 1. The van der Waals surface area contributed by atoms with E-state index in [0.717, 1.165) is 6.42 Å². The Hall–Kier alpha value is -0.760. The lowest BCUT2D eigenvalue weighted by atomic mass is 9.70. The lowest BCUT2D eigenvalue weighted by molar-refractivity contribution is -0.127. The van der Waals surface area contributed by atoms with Gasteiger partial charge in [-0.3, -0.25) is 4.79 Å². The summed E-state index contributed by atoms with van der Waals surface area (Å²) < 4.78 is 0. The van der Waals surface area contributed by atoms with Crippen molar-refractivity contribution in [2.45, 2.75) is 43.8 Å². The lowest BCUT2D eigenvalue weighted by Crippen LogP contribution is -2.34. The van der Waals surface area contributed by atoms with E-state index in [1.807, 2.05) is 18.2 Å². The van der Waals surface area contributed by atoms with Gasteiger partial charge in [-0.25, -0.2) is 0 Å². The summed E-state index contributed by atoms with van der Waals surface area (Å²) in [6.07, 6.45) is 2.29. The van der Waals surface area contributed by atoms with Crippen LogP contribution in [0, 0.1) is 16.7 Å². The Morgan fingerprint density at radius 2 is 1.83 bits per heavy atom. The van der Waals surface area contributed by atoms with E-state index < -0.39 is 0 Å². The molecule has 3 rings (SSSR count). The maximum atomic E-state index is 12.7. The van der Waals surface area contributed by atoms with Gasteiger partial charge in [0.05, 0.1) is 5.25 Å². The molecule has 96 valence electrons. The molecule has 2 heteroatoms. The molecule has 2 aliphatic rings. The highest BCUT2D eigenvalue weighted by Gasteiger charge is 2.66. The zero-order valence-electron chi connectivity index (χ0n) is 11.3. The molecule has 0 amide bonds. The fourth-order valence-electron chi connectivity index (χ4n) is 3.78. The van der Waals surface area contributed by atoms with Gasteiger partial charge >= 0.3 is 0 Å². The molecule has 0 spiro atoms. The summed E-state index contributed by atoms with van der Waals surface area (Å²) in [6, 6.07) is 10.3. The molecule has 0 saturated heterocycles. The van der Waals surface area contributed by atoms with Crippen molar-refractivity contribution in [1.82, 2.24) is 0 Å². The van der Waals surface area contributed by atoms with E-state index in [0.29, 0.717) is 11.7 Å². The quantitative estimate of drug-likeness (QED) is 0.793. The molecule has 0 unspecified atom stereocenters. The third kappa shape index (κ3) is 1.45. The van der Waals surface area contributed by atoms with Gasteiger partial charge in [0.15, 0.2) is 5.78 Å². The molecule has 0 radical (unpaired) electrons. The third-order valence-electron chi connectivity index (χ3n) is 5.48. The smallest absolute Gasteiger partial charge is 0.152 e. The number of thioether (sulfide) groups is 1. The van der Waals surface area contributed by atoms with Crippen molar-refractivity contribution in [2.24, 2.45) is 16.7 Å². The SMILES string of the molecule is CC1(C)[C@H]2CC[C@]1(C)C(=O)[C@H]2Sc1ccccc1. The van der Waals surface area contributed by atoms with Crippen LogP contribution in [0.25, 0.3) is 0 Å². The number of carbonyl (C=O) groups is 1. The molecule has 2 saturated carbocycles. The molecule has 0 heterocycles. The highest BCUT2D eigenvalue weighted by molar-refractivity contribution is 8.00. The number of fused-ring (bicyclic) bond motifs is 2. The summed E-state index contributed by atoms with van der Waals surface area (Å²) in [7, 11) is 0. The predicted octanol–water partition coefficient (Wildman–Crippen LogP) is 4.17. The monoisotopic (exact) mass is 260 g/mol. The van der Waals surface area contributed by atoms with Crippen LogP contribution in [0.5, 0.6) is 0 Å². The first kappa shape index (κ1) is 12.3. The zero-order valence-corrected chi connectivity index (χ0v) is 12.1. The summed E-state index contributed by atoms with van der Waals surface area (Å²) in [5, 5.41) is 0.168. The minimum atomic E-state index is -0.0931. The van der Waals surface area contributed by atoms with Crippen LogP contribution in [0.4, 0.5) is 0 Å². The van der Waals surface area contributed by atoms with E-state index in [2.05, 4.69) is 32.9 Å². The average Bonchev–Trinajstić information content (AvgIpc) is 2.65. The first-order chi connectivity index (χ1) is 8.47. The Morgan fingerprint density at radius 3 is 2.39 bits per heavy atom. The Morgan fingerprint density at radius 1 is 1.17 bits per heavy atom. The van der Waals surface area contributed by atoms with Crippen LogP contribution >= 0.6 is 11.8 Å². The van der Waals surface area contributed by atoms with Gasteiger partial charge in [-0.1, -0.05) is 39.0 Å². The van der Waals surface area contributed by atoms with Crippen LogP contribution < -0.4 is 0 Å². The van der Waals surface area contributed by atoms with E-state index in [9.17, 15) is 4.79 Å². The number of hydrogen-bond acceptors (Lipinski definition) is 2. The van der Waals surface area contributed by atoms with E-state index >= 15 is 0 Å². The van der Waals surface area contributed by atoms with Crippen molar-refractivity contribution in [1.29, 1.82) is 0 Å². The fraction of sp³-hybridized carbons (Fsp3) is 0.562. The number of Topliss-reactive ketones (excluding diaryl/α,β-unsaturated/α-hetero) is 1. The van der Waals surface area contributed by atoms with Crippen molar-refractivity contribution in [3.63, 3.8) is 0 Å². The Labute approximate surface area is 113 Å². The van der Waals surface area contributed by atoms with Crippen LogP contribution in [0.3, 0.4) is 0 Å². The van der Waals surface area contributed by atoms with Gasteiger partial charge in [0.1, 0.15) is 0 Å². The Kier molecular flexibility index (Phi) is 2.64. The molecule has 2 fully saturated rings. The highest BCUT2D eigenvalue weighted by Crippen LogP contribution is 2.66. The predicted molar refractivity (Wildman–Crippen MR) is 75.7 cm³/mol. The second kappa shape index (κ2) is 3.86. The molecular weight excluding hydrogens is 240 g/mol. The summed E-state index contributed by atoms with van der Waals surface area (Å²) >= 11 is 1.77. The molecule has 2 bridgehead atoms. The molecule has 18 heavy (non-hydrogen) atoms. The second-order valence-corrected chi connectivity index (χ2v) is 7.63. The molecular formula is C16H20OS. The van der Waals surface area contributed by atoms with Crippen molar-refractivity contribution in [3.8, 4) is 0 Å². The van der Waals surface area contributed by atoms with Crippen LogP contribution in [0.2, 0.25) is 0 Å². The van der Waals surface area contributed by atoms with Crippen LogP contribution in [0.1, 0.15) is 33.6 Å². The van der Waals surface area contributed by atoms with Crippen LogP contribution in [0.15, 0.2) is 35.2 Å². The number of rotatable bonds is 2. The van der Waals surface area contributed by atoms with E-state index in [-0.39, 0.29) is 16.1 Å². The third-order valence-corrected chi connectivity index (χ3v) is 6.82. The van der Waals surface area contributed by atoms with Gasteiger partial charge in [0.25, 0.3) is 0 Å². The molecule has 1 nitrogen and oxygen atoms in total. The van der Waals surface area contributed by atoms with Crippen molar-refractivity contribution in [2.75, 3.05) is 0 Å². The van der Waals surface area contributed by atoms with Crippen molar-refractivity contribution >= 4 is 17.5 Å². The molecule has 3 atom stereocenters. The van der Waals surface area contributed by atoms with Gasteiger partial charge in [0.2, 0.25) is 0 Å². The van der Waals surface area contributed by atoms with Crippen LogP contribution in [-0.4, -0.2) is 11.0 Å². The lowest BCUT2D eigenvalue weighted by Gasteiger charge is -2.32. The molecule has 1 aromatic carbocycles. The Balaban J connectivity index is 1.90. The van der Waals surface area contributed by atoms with Gasteiger partial charge < -0.3 is 0 Å². The zero-order chi connectivity index (χ0) is 13.0. The van der Waals surface area contributed by atoms with E-state index in [4.69, 9.17) is 0 Å². The van der Waals surface area contributed by atoms with E-state index in [1.54, 1.807) is 11.8 Å². The maximum absolute atomic E-state index is 12.7. The maximum Gasteiger partial charge on any atom is 0.152 e. The number of carbonyl (C=O) groups excluding carboxylic acids is 1. The first-order valence-corrected chi connectivity index (χ1v) is 7.61. The Bertz CT molecular complexity index is 479. The number of benzene rings is 1.